The van der Waals surface area contributed by atoms with Crippen LogP contribution in [0.5, 0.6) is 0 Å². The van der Waals surface area contributed by atoms with E-state index in [4.69, 9.17) is 38.2 Å². The Morgan fingerprint density at radius 2 is 1.00 bits per heavy atom. The molecule has 0 saturated carbocycles. The van der Waals surface area contributed by atoms with E-state index in [1.165, 1.54) is 164 Å². The van der Waals surface area contributed by atoms with E-state index in [9.17, 15) is 4.79 Å². The maximum absolute atomic E-state index is 11.6. The normalized spacial score (nSPS) is 16.4. The first-order valence-electron chi connectivity index (χ1n) is 17.5. The van der Waals surface area contributed by atoms with Crippen LogP contribution in [0.4, 0.5) is 4.79 Å². The van der Waals surface area contributed by atoms with Crippen LogP contribution < -0.4 is 5.11 Å². The second-order valence-corrected chi connectivity index (χ2v) is 15.0. The Hall–Kier alpha value is -0.370. The molecule has 6 nitrogen and oxygen atoms in total. The van der Waals surface area contributed by atoms with Gasteiger partial charge in [-0.25, -0.2) is 0 Å². The van der Waals surface area contributed by atoms with Crippen molar-refractivity contribution in [2.75, 3.05) is 33.7 Å². The SMILES string of the molecule is CCCCCCCCCC[N+](C)(C)CCCCCCCCCC.CCCCCCCCN1SC(Cl)C(Cl)C1=O.O=C([O-])O. The van der Waals surface area contributed by atoms with Crippen LogP contribution in [0, 0.1) is 0 Å². The fourth-order valence-electron chi connectivity index (χ4n) is 5.13. The summed E-state index contributed by atoms with van der Waals surface area (Å²) in [6.07, 6.45) is 28.3. The molecular weight excluding hydrogens is 603 g/mol. The molecule has 1 N–H and O–H groups in total. The highest BCUT2D eigenvalue weighted by Crippen LogP contribution is 2.35. The van der Waals surface area contributed by atoms with Crippen LogP contribution in [0.15, 0.2) is 0 Å². The molecule has 1 rings (SSSR count). The molecule has 0 aliphatic carbocycles. The lowest BCUT2D eigenvalue weighted by molar-refractivity contribution is -0.890. The van der Waals surface area contributed by atoms with E-state index < -0.39 is 11.5 Å². The molecule has 1 heterocycles. The Bertz CT molecular complexity index is 618. The molecular formula is C34H68Cl2N2O4S. The van der Waals surface area contributed by atoms with Gasteiger partial charge in [-0.15, -0.1) is 23.2 Å². The van der Waals surface area contributed by atoms with E-state index in [1.54, 1.807) is 4.31 Å². The molecule has 43 heavy (non-hydrogen) atoms. The van der Waals surface area contributed by atoms with Gasteiger partial charge >= 0.3 is 0 Å². The number of unbranched alkanes of at least 4 members (excludes halogenated alkanes) is 19. The van der Waals surface area contributed by atoms with Gasteiger partial charge in [0.25, 0.3) is 5.91 Å². The van der Waals surface area contributed by atoms with Crippen LogP contribution in [0.1, 0.15) is 162 Å². The number of alkyl halides is 2. The van der Waals surface area contributed by atoms with E-state index in [1.807, 2.05) is 0 Å². The predicted octanol–water partition coefficient (Wildman–Crippen LogP) is 10.2. The molecule has 0 aromatic heterocycles. The van der Waals surface area contributed by atoms with Crippen molar-refractivity contribution in [2.45, 2.75) is 172 Å². The van der Waals surface area contributed by atoms with Crippen LogP contribution in [0.3, 0.4) is 0 Å². The van der Waals surface area contributed by atoms with E-state index in [2.05, 4.69) is 34.9 Å². The maximum Gasteiger partial charge on any atom is 0.252 e. The van der Waals surface area contributed by atoms with Gasteiger partial charge in [-0.1, -0.05) is 130 Å². The van der Waals surface area contributed by atoms with Crippen molar-refractivity contribution in [1.82, 2.24) is 4.31 Å². The maximum atomic E-state index is 11.6. The minimum atomic E-state index is -2.08. The average molecular weight is 672 g/mol. The Morgan fingerprint density at radius 1 is 0.698 bits per heavy atom. The van der Waals surface area contributed by atoms with Crippen LogP contribution >= 0.6 is 35.1 Å². The van der Waals surface area contributed by atoms with Gasteiger partial charge in [0, 0.05) is 6.54 Å². The van der Waals surface area contributed by atoms with Gasteiger partial charge in [-0.05, 0) is 44.1 Å². The molecule has 0 radical (unpaired) electrons. The van der Waals surface area contributed by atoms with Gasteiger partial charge in [0.05, 0.1) is 27.2 Å². The van der Waals surface area contributed by atoms with Crippen molar-refractivity contribution in [3.8, 4) is 0 Å². The molecule has 2 unspecified atom stereocenters. The summed E-state index contributed by atoms with van der Waals surface area (Å²) < 4.78 is 2.66. The van der Waals surface area contributed by atoms with E-state index in [0.717, 1.165) is 13.0 Å². The van der Waals surface area contributed by atoms with Crippen molar-refractivity contribution in [3.63, 3.8) is 0 Å². The number of carboxylic acid groups (broad SMARTS) is 2. The first-order chi connectivity index (χ1) is 20.5. The fraction of sp³-hybridized carbons (Fsp3) is 0.941. The number of halogens is 2. The second-order valence-electron chi connectivity index (χ2n) is 12.7. The lowest BCUT2D eigenvalue weighted by atomic mass is 10.1. The molecule has 0 bridgehead atoms. The number of carbonyl (C=O) groups excluding carboxylic acids is 1. The summed E-state index contributed by atoms with van der Waals surface area (Å²) in [4.78, 5) is 20.0. The van der Waals surface area contributed by atoms with Gasteiger partial charge in [0.2, 0.25) is 6.16 Å². The monoisotopic (exact) mass is 670 g/mol. The van der Waals surface area contributed by atoms with Gasteiger partial charge in [-0.2, -0.15) is 0 Å². The number of amides is 1. The summed E-state index contributed by atoms with van der Waals surface area (Å²) in [6, 6.07) is 0. The first kappa shape index (κ1) is 44.8. The summed E-state index contributed by atoms with van der Waals surface area (Å²) in [6.45, 7) is 10.3. The van der Waals surface area contributed by atoms with Crippen molar-refractivity contribution in [1.29, 1.82) is 0 Å². The largest absolute Gasteiger partial charge is 0.565 e. The van der Waals surface area contributed by atoms with Crippen LogP contribution in [0.25, 0.3) is 0 Å². The first-order valence-corrected chi connectivity index (χ1v) is 19.2. The van der Waals surface area contributed by atoms with Crippen LogP contribution in [-0.4, -0.2) is 69.8 Å². The summed E-state index contributed by atoms with van der Waals surface area (Å²) in [5.41, 5.74) is 0. The van der Waals surface area contributed by atoms with Crippen molar-refractivity contribution >= 4 is 47.2 Å². The molecule has 0 spiro atoms. The quantitative estimate of drug-likeness (QED) is 0.0452. The predicted molar refractivity (Wildman–Crippen MR) is 187 cm³/mol. The van der Waals surface area contributed by atoms with Gasteiger partial charge in [-0.3, -0.25) is 9.10 Å². The third-order valence-electron chi connectivity index (χ3n) is 7.89. The smallest absolute Gasteiger partial charge is 0.252 e. The Morgan fingerprint density at radius 3 is 1.30 bits per heavy atom. The van der Waals surface area contributed by atoms with Gasteiger partial charge in [0.1, 0.15) is 10.1 Å². The molecule has 0 aromatic rings. The summed E-state index contributed by atoms with van der Waals surface area (Å²) in [7, 11) is 4.87. The number of hydrogen-bond acceptors (Lipinski definition) is 4. The zero-order valence-corrected chi connectivity index (χ0v) is 30.9. The Kier molecular flexibility index (Phi) is 32.9. The zero-order chi connectivity index (χ0) is 32.8. The van der Waals surface area contributed by atoms with Gasteiger partial charge < -0.3 is 19.5 Å². The minimum Gasteiger partial charge on any atom is -0.565 e. The van der Waals surface area contributed by atoms with E-state index in [0.29, 0.717) is 0 Å². The minimum absolute atomic E-state index is 0.0276. The number of nitrogens with zero attached hydrogens (tertiary/aromatic N) is 2. The highest BCUT2D eigenvalue weighted by Gasteiger charge is 2.38. The topological polar surface area (TPSA) is 80.7 Å². The molecule has 9 heteroatoms. The third kappa shape index (κ3) is 31.4. The molecule has 2 atom stereocenters. The lowest BCUT2D eigenvalue weighted by Crippen LogP contribution is -2.41. The van der Waals surface area contributed by atoms with Gasteiger partial charge in [0.15, 0.2) is 0 Å². The average Bonchev–Trinajstić information content (AvgIpc) is 3.20. The fourth-order valence-corrected chi connectivity index (χ4v) is 6.76. The Labute approximate surface area is 280 Å². The van der Waals surface area contributed by atoms with Crippen LogP contribution in [0.2, 0.25) is 0 Å². The molecule has 1 aliphatic rings. The molecule has 1 amide bonds. The Balaban J connectivity index is 0. The zero-order valence-electron chi connectivity index (χ0n) is 28.6. The second kappa shape index (κ2) is 31.6. The molecule has 1 fully saturated rings. The summed E-state index contributed by atoms with van der Waals surface area (Å²) in [5.74, 6) is -0.0276. The summed E-state index contributed by atoms with van der Waals surface area (Å²) in [5, 5.41) is 14.8. The number of quaternary nitrogens is 1. The van der Waals surface area contributed by atoms with Crippen molar-refractivity contribution in [3.05, 3.63) is 0 Å². The highest BCUT2D eigenvalue weighted by molar-refractivity contribution is 8.00. The molecule has 1 saturated heterocycles. The van der Waals surface area contributed by atoms with Crippen molar-refractivity contribution in [2.24, 2.45) is 0 Å². The number of hydrogen-bond donors (Lipinski definition) is 1. The standard InChI is InChI=1S/C22H48N.C11H19Cl2NOS.CH2O3/c1-5-7-9-11-13-15-17-19-21-23(3,4)22-20-18-16-14-12-10-8-6-2;1-2-3-4-5-6-7-8-14-11(15)9(12)10(13)16-14;2-1(3)4/h5-22H2,1-4H3;9-10H,2-8H2,1H3;(H2,2,3,4)/q+1;;/p-1. The van der Waals surface area contributed by atoms with Crippen molar-refractivity contribution < 1.29 is 24.3 Å². The lowest BCUT2D eigenvalue weighted by Gasteiger charge is -2.30. The highest BCUT2D eigenvalue weighted by atomic mass is 35.5. The molecule has 1 aliphatic heterocycles. The summed E-state index contributed by atoms with van der Waals surface area (Å²) >= 11 is 13.1. The number of carbonyl (C=O) groups is 2. The van der Waals surface area contributed by atoms with E-state index >= 15 is 0 Å². The van der Waals surface area contributed by atoms with Crippen LogP contribution in [-0.2, 0) is 4.79 Å². The number of rotatable bonds is 25. The molecule has 0 aromatic carbocycles. The van der Waals surface area contributed by atoms with E-state index in [-0.39, 0.29) is 10.6 Å². The third-order valence-corrected chi connectivity index (χ3v) is 10.2. The molecule has 258 valence electrons.